The summed E-state index contributed by atoms with van der Waals surface area (Å²) < 4.78 is 18.9. The SMILES string of the molecule is COc1ccc2c(c1)CC[C@@H]1C2=NN(/C(C)=C\C(C)=O)[C@@H]1c1ccc(F)cc1. The third-order valence-electron chi connectivity index (χ3n) is 5.51. The van der Waals surface area contributed by atoms with Gasteiger partial charge in [-0.15, -0.1) is 0 Å². The normalized spacial score (nSPS) is 21.1. The fourth-order valence-electron chi connectivity index (χ4n) is 4.28. The van der Waals surface area contributed by atoms with Crippen molar-refractivity contribution in [2.75, 3.05) is 7.11 Å². The van der Waals surface area contributed by atoms with Crippen LogP contribution in [0.4, 0.5) is 4.39 Å². The molecule has 0 unspecified atom stereocenters. The van der Waals surface area contributed by atoms with Crippen LogP contribution in [0.3, 0.4) is 0 Å². The lowest BCUT2D eigenvalue weighted by molar-refractivity contribution is -0.112. The highest BCUT2D eigenvalue weighted by molar-refractivity contribution is 6.06. The molecule has 0 saturated heterocycles. The van der Waals surface area contributed by atoms with Gasteiger partial charge in [0.05, 0.1) is 18.9 Å². The van der Waals surface area contributed by atoms with Crippen LogP contribution in [0.5, 0.6) is 5.75 Å². The van der Waals surface area contributed by atoms with Crippen molar-refractivity contribution < 1.29 is 13.9 Å². The van der Waals surface area contributed by atoms with Crippen LogP contribution in [0.2, 0.25) is 0 Å². The summed E-state index contributed by atoms with van der Waals surface area (Å²) in [5.74, 6) is 0.749. The maximum atomic E-state index is 13.5. The number of rotatable bonds is 4. The summed E-state index contributed by atoms with van der Waals surface area (Å²) in [7, 11) is 1.67. The number of ketones is 1. The van der Waals surface area contributed by atoms with Gasteiger partial charge < -0.3 is 4.74 Å². The highest BCUT2D eigenvalue weighted by Gasteiger charge is 2.42. The summed E-state index contributed by atoms with van der Waals surface area (Å²) >= 11 is 0. The second-order valence-corrected chi connectivity index (χ2v) is 7.39. The number of carbonyl (C=O) groups is 1. The molecule has 0 bridgehead atoms. The number of aryl methyl sites for hydroxylation is 1. The zero-order chi connectivity index (χ0) is 19.8. The topological polar surface area (TPSA) is 41.9 Å². The molecule has 2 aliphatic rings. The number of methoxy groups -OCH3 is 1. The van der Waals surface area contributed by atoms with E-state index in [9.17, 15) is 9.18 Å². The van der Waals surface area contributed by atoms with Crippen LogP contribution < -0.4 is 4.74 Å². The van der Waals surface area contributed by atoms with E-state index in [0.717, 1.165) is 41.1 Å². The van der Waals surface area contributed by atoms with Crippen LogP contribution in [0.25, 0.3) is 0 Å². The molecule has 1 aliphatic carbocycles. The predicted molar refractivity (Wildman–Crippen MR) is 107 cm³/mol. The zero-order valence-corrected chi connectivity index (χ0v) is 16.3. The molecule has 4 nitrogen and oxygen atoms in total. The smallest absolute Gasteiger partial charge is 0.154 e. The molecule has 0 radical (unpaired) electrons. The highest BCUT2D eigenvalue weighted by Crippen LogP contribution is 2.45. The molecule has 144 valence electrons. The molecule has 0 saturated carbocycles. The van der Waals surface area contributed by atoms with Crippen LogP contribution in [0.15, 0.2) is 59.3 Å². The zero-order valence-electron chi connectivity index (χ0n) is 16.3. The van der Waals surface area contributed by atoms with Crippen molar-refractivity contribution in [3.8, 4) is 5.75 Å². The molecule has 2 atom stereocenters. The lowest BCUT2D eigenvalue weighted by Crippen LogP contribution is -2.28. The number of ether oxygens (including phenoxy) is 1. The van der Waals surface area contributed by atoms with Gasteiger partial charge in [-0.1, -0.05) is 12.1 Å². The van der Waals surface area contributed by atoms with Gasteiger partial charge in [0.25, 0.3) is 0 Å². The number of hydrogen-bond donors (Lipinski definition) is 0. The van der Waals surface area contributed by atoms with Crippen molar-refractivity contribution in [2.24, 2.45) is 11.0 Å². The third kappa shape index (κ3) is 3.21. The Morgan fingerprint density at radius 2 is 1.96 bits per heavy atom. The monoisotopic (exact) mass is 378 g/mol. The average molecular weight is 378 g/mol. The molecule has 0 N–H and O–H groups in total. The minimum absolute atomic E-state index is 0.0180. The van der Waals surface area contributed by atoms with Crippen molar-refractivity contribution in [2.45, 2.75) is 32.7 Å². The number of halogens is 1. The first-order valence-corrected chi connectivity index (χ1v) is 9.47. The van der Waals surface area contributed by atoms with Crippen molar-refractivity contribution in [1.82, 2.24) is 5.01 Å². The second kappa shape index (κ2) is 7.23. The molecule has 5 heteroatoms. The number of hydrazone groups is 1. The molecule has 0 fully saturated rings. The Hall–Kier alpha value is -2.95. The van der Waals surface area contributed by atoms with E-state index in [1.807, 2.05) is 30.1 Å². The molecule has 4 rings (SSSR count). The Labute approximate surface area is 164 Å². The Kier molecular flexibility index (Phi) is 4.75. The number of hydrogen-bond acceptors (Lipinski definition) is 4. The minimum Gasteiger partial charge on any atom is -0.497 e. The Morgan fingerprint density at radius 3 is 2.64 bits per heavy atom. The maximum Gasteiger partial charge on any atom is 0.154 e. The van der Waals surface area contributed by atoms with Gasteiger partial charge in [-0.05, 0) is 68.1 Å². The van der Waals surface area contributed by atoms with Crippen molar-refractivity contribution >= 4 is 11.5 Å². The fraction of sp³-hybridized carbons (Fsp3) is 0.304. The van der Waals surface area contributed by atoms with Gasteiger partial charge in [-0.25, -0.2) is 4.39 Å². The summed E-state index contributed by atoms with van der Waals surface area (Å²) in [6.45, 7) is 3.43. The molecular formula is C23H23FN2O2. The van der Waals surface area contributed by atoms with Gasteiger partial charge >= 0.3 is 0 Å². The van der Waals surface area contributed by atoms with Crippen LogP contribution in [-0.4, -0.2) is 23.6 Å². The van der Waals surface area contributed by atoms with E-state index < -0.39 is 0 Å². The van der Waals surface area contributed by atoms with Gasteiger partial charge in [-0.2, -0.15) is 5.10 Å². The Balaban J connectivity index is 1.81. The standard InChI is InChI=1S/C23H23FN2O2/c1-14(12-15(2)27)26-23(16-4-7-18(24)8-5-16)21-10-6-17-13-19(28-3)9-11-20(17)22(21)25-26/h4-5,7-9,11-13,21,23H,6,10H2,1-3H3/b14-12-/t21-,23-/m1/s1. The van der Waals surface area contributed by atoms with E-state index in [0.29, 0.717) is 0 Å². The van der Waals surface area contributed by atoms with E-state index in [1.165, 1.54) is 24.6 Å². The Morgan fingerprint density at radius 1 is 1.21 bits per heavy atom. The van der Waals surface area contributed by atoms with E-state index in [-0.39, 0.29) is 23.6 Å². The molecule has 1 aliphatic heterocycles. The fourth-order valence-corrected chi connectivity index (χ4v) is 4.28. The van der Waals surface area contributed by atoms with Gasteiger partial charge in [-0.3, -0.25) is 9.80 Å². The van der Waals surface area contributed by atoms with Gasteiger partial charge in [0.2, 0.25) is 0 Å². The summed E-state index contributed by atoms with van der Waals surface area (Å²) in [4.78, 5) is 11.7. The lowest BCUT2D eigenvalue weighted by atomic mass is 9.77. The first-order chi connectivity index (χ1) is 13.5. The molecular weight excluding hydrogens is 355 g/mol. The first-order valence-electron chi connectivity index (χ1n) is 9.47. The first kappa shape index (κ1) is 18.4. The van der Waals surface area contributed by atoms with Crippen LogP contribution in [0, 0.1) is 11.7 Å². The van der Waals surface area contributed by atoms with E-state index >= 15 is 0 Å². The van der Waals surface area contributed by atoms with Crippen LogP contribution in [-0.2, 0) is 11.2 Å². The van der Waals surface area contributed by atoms with E-state index in [2.05, 4.69) is 12.1 Å². The Bertz CT molecular complexity index is 979. The lowest BCUT2D eigenvalue weighted by Gasteiger charge is -2.31. The van der Waals surface area contributed by atoms with Gasteiger partial charge in [0.15, 0.2) is 5.78 Å². The highest BCUT2D eigenvalue weighted by atomic mass is 19.1. The molecule has 2 aromatic rings. The molecule has 28 heavy (non-hydrogen) atoms. The van der Waals surface area contributed by atoms with Crippen LogP contribution >= 0.6 is 0 Å². The summed E-state index contributed by atoms with van der Waals surface area (Å²) in [5, 5.41) is 6.86. The largest absolute Gasteiger partial charge is 0.497 e. The van der Waals surface area contributed by atoms with Gasteiger partial charge in [0.1, 0.15) is 11.6 Å². The predicted octanol–water partition coefficient (Wildman–Crippen LogP) is 4.65. The number of fused-ring (bicyclic) bond motifs is 3. The van der Waals surface area contributed by atoms with E-state index in [1.54, 1.807) is 13.2 Å². The van der Waals surface area contributed by atoms with Crippen LogP contribution in [0.1, 0.15) is 43.0 Å². The number of nitrogens with zero attached hydrogens (tertiary/aromatic N) is 2. The maximum absolute atomic E-state index is 13.5. The van der Waals surface area contributed by atoms with Crippen molar-refractivity contribution in [3.63, 3.8) is 0 Å². The quantitative estimate of drug-likeness (QED) is 0.727. The third-order valence-corrected chi connectivity index (χ3v) is 5.51. The van der Waals surface area contributed by atoms with Crippen molar-refractivity contribution in [3.05, 3.63) is 76.7 Å². The van der Waals surface area contributed by atoms with E-state index in [4.69, 9.17) is 9.84 Å². The second-order valence-electron chi connectivity index (χ2n) is 7.39. The molecule has 2 aromatic carbocycles. The summed E-state index contributed by atoms with van der Waals surface area (Å²) in [6, 6.07) is 12.6. The average Bonchev–Trinajstić information content (AvgIpc) is 3.07. The number of carbonyl (C=O) groups excluding carboxylic acids is 1. The van der Waals surface area contributed by atoms with Gasteiger partial charge in [0, 0.05) is 23.3 Å². The van der Waals surface area contributed by atoms with Crippen molar-refractivity contribution in [1.29, 1.82) is 0 Å². The molecule has 0 aromatic heterocycles. The molecule has 1 heterocycles. The summed E-state index contributed by atoms with van der Waals surface area (Å²) in [6.07, 6.45) is 3.47. The number of allylic oxidation sites excluding steroid dienone is 2. The number of benzene rings is 2. The molecule has 0 amide bonds. The minimum atomic E-state index is -0.258. The summed E-state index contributed by atoms with van der Waals surface area (Å²) in [5.41, 5.74) is 5.16. The molecule has 0 spiro atoms.